The van der Waals surface area contributed by atoms with E-state index in [1.165, 1.54) is 0 Å². The van der Waals surface area contributed by atoms with Gasteiger partial charge >= 0.3 is 0 Å². The lowest BCUT2D eigenvalue weighted by Gasteiger charge is -1.80. The lowest BCUT2D eigenvalue weighted by molar-refractivity contribution is -0.460. The quantitative estimate of drug-likeness (QED) is 0.323. The molecule has 8 heavy (non-hydrogen) atoms. The summed E-state index contributed by atoms with van der Waals surface area (Å²) in [6, 6.07) is 0. The molecule has 0 heterocycles. The van der Waals surface area contributed by atoms with Gasteiger partial charge in [-0.05, 0) is 0 Å². The Labute approximate surface area is 61.8 Å². The average Bonchev–Trinajstić information content (AvgIpc) is 1.61. The van der Waals surface area contributed by atoms with Crippen LogP contribution in [0.1, 0.15) is 6.42 Å². The van der Waals surface area contributed by atoms with Gasteiger partial charge < -0.3 is 0 Å². The Hall–Kier alpha value is 0.250. The normalized spacial score (nSPS) is 7.38. The van der Waals surface area contributed by atoms with Gasteiger partial charge in [0.1, 0.15) is 20.3 Å². The summed E-state index contributed by atoms with van der Waals surface area (Å²) in [7, 11) is 3.99. The van der Waals surface area contributed by atoms with Gasteiger partial charge in [-0.3, -0.25) is 0 Å². The van der Waals surface area contributed by atoms with Crippen LogP contribution in [0.25, 0.3) is 0 Å². The summed E-state index contributed by atoms with van der Waals surface area (Å²) in [5.41, 5.74) is 0. The van der Waals surface area contributed by atoms with E-state index in [2.05, 4.69) is 0 Å². The van der Waals surface area contributed by atoms with Crippen molar-refractivity contribution in [3.05, 3.63) is 0 Å². The van der Waals surface area contributed by atoms with Crippen LogP contribution >= 0.6 is 24.0 Å². The van der Waals surface area contributed by atoms with Gasteiger partial charge in [0, 0.05) is 12.3 Å². The first kappa shape index (κ1) is 11.1. The maximum absolute atomic E-state index is 5.39. The van der Waals surface area contributed by atoms with E-state index < -0.39 is 0 Å². The van der Waals surface area contributed by atoms with E-state index in [1.54, 1.807) is 0 Å². The molecule has 0 aliphatic carbocycles. The van der Waals surface area contributed by atoms with Crippen LogP contribution in [0.5, 0.6) is 0 Å². The van der Waals surface area contributed by atoms with Crippen molar-refractivity contribution in [3.8, 4) is 0 Å². The lowest BCUT2D eigenvalue weighted by Crippen LogP contribution is -1.97. The van der Waals surface area contributed by atoms with E-state index in [0.717, 1.165) is 12.3 Å². The highest BCUT2D eigenvalue weighted by atomic mass is 35.5. The third kappa shape index (κ3) is 9.54. The number of hydrogen-bond donors (Lipinski definition) is 0. The first-order valence-electron chi connectivity index (χ1n) is 2.33. The smallest absolute Gasteiger partial charge is 0.140 e. The van der Waals surface area contributed by atoms with Gasteiger partial charge in [0.25, 0.3) is 0 Å². The maximum Gasteiger partial charge on any atom is 0.140 e. The molecule has 0 aromatic rings. The zero-order valence-corrected chi connectivity index (χ0v) is 6.80. The standard InChI is InChI=1S/C5H11ClN.ClH/c1-7(2)5-3-4-6;/h5H,3-4H2,1-2H3;1H/q+1;. The fourth-order valence-corrected chi connectivity index (χ4v) is 0.405. The highest BCUT2D eigenvalue weighted by molar-refractivity contribution is 6.18. The molecule has 3 heteroatoms. The van der Waals surface area contributed by atoms with Crippen LogP contribution in [0, 0.1) is 0 Å². The first-order chi connectivity index (χ1) is 3.27. The van der Waals surface area contributed by atoms with Gasteiger partial charge in [-0.1, -0.05) is 0 Å². The Morgan fingerprint density at radius 3 is 2.12 bits per heavy atom. The predicted octanol–water partition coefficient (Wildman–Crippen LogP) is 1.38. The Morgan fingerprint density at radius 1 is 1.50 bits per heavy atom. The van der Waals surface area contributed by atoms with Crippen molar-refractivity contribution in [2.24, 2.45) is 0 Å². The van der Waals surface area contributed by atoms with Crippen LogP contribution in [0.3, 0.4) is 0 Å². The van der Waals surface area contributed by atoms with Crippen LogP contribution in [-0.4, -0.2) is 30.8 Å². The molecule has 0 radical (unpaired) electrons. The van der Waals surface area contributed by atoms with Crippen LogP contribution in [0.15, 0.2) is 0 Å². The molecular weight excluding hydrogens is 145 g/mol. The monoisotopic (exact) mass is 156 g/mol. The van der Waals surface area contributed by atoms with Gasteiger partial charge in [0.05, 0.1) is 0 Å². The third-order valence-electron chi connectivity index (χ3n) is 0.603. The highest BCUT2D eigenvalue weighted by Crippen LogP contribution is 1.76. The molecule has 0 bridgehead atoms. The first-order valence-corrected chi connectivity index (χ1v) is 2.86. The third-order valence-corrected chi connectivity index (χ3v) is 0.822. The highest BCUT2D eigenvalue weighted by Gasteiger charge is 1.80. The summed E-state index contributed by atoms with van der Waals surface area (Å²) in [6.07, 6.45) is 3.02. The minimum atomic E-state index is 0. The molecule has 0 aliphatic heterocycles. The molecule has 0 saturated carbocycles. The second-order valence-electron chi connectivity index (χ2n) is 1.62. The van der Waals surface area contributed by atoms with Crippen LogP contribution in [-0.2, 0) is 0 Å². The SMILES string of the molecule is C[N+](C)=CCCCl.Cl. The minimum absolute atomic E-state index is 0. The summed E-state index contributed by atoms with van der Waals surface area (Å²) < 4.78 is 2.00. The summed E-state index contributed by atoms with van der Waals surface area (Å²) in [6.45, 7) is 0. The van der Waals surface area contributed by atoms with E-state index in [0.29, 0.717) is 0 Å². The zero-order chi connectivity index (χ0) is 5.70. The fraction of sp³-hybridized carbons (Fsp3) is 0.800. The van der Waals surface area contributed by atoms with Crippen LogP contribution in [0.4, 0.5) is 0 Å². The minimum Gasteiger partial charge on any atom is -0.245 e. The molecule has 0 saturated heterocycles. The molecule has 0 amide bonds. The van der Waals surface area contributed by atoms with Crippen LogP contribution in [0.2, 0.25) is 0 Å². The van der Waals surface area contributed by atoms with Crippen LogP contribution < -0.4 is 0 Å². The molecular formula is C5H12Cl2N+. The van der Waals surface area contributed by atoms with E-state index in [1.807, 2.05) is 24.9 Å². The molecule has 0 rings (SSSR count). The average molecular weight is 157 g/mol. The molecule has 50 valence electrons. The van der Waals surface area contributed by atoms with E-state index in [9.17, 15) is 0 Å². The lowest BCUT2D eigenvalue weighted by atomic mass is 10.5. The molecule has 0 fully saturated rings. The number of alkyl halides is 1. The van der Waals surface area contributed by atoms with Crippen molar-refractivity contribution in [2.75, 3.05) is 20.0 Å². The van der Waals surface area contributed by atoms with Gasteiger partial charge in [0.15, 0.2) is 0 Å². The van der Waals surface area contributed by atoms with Gasteiger partial charge in [-0.2, -0.15) is 0 Å². The van der Waals surface area contributed by atoms with E-state index in [4.69, 9.17) is 11.6 Å². The van der Waals surface area contributed by atoms with Crippen molar-refractivity contribution in [3.63, 3.8) is 0 Å². The molecule has 0 spiro atoms. The molecule has 0 aliphatic rings. The molecule has 0 N–H and O–H groups in total. The van der Waals surface area contributed by atoms with Crippen molar-refractivity contribution < 1.29 is 4.58 Å². The Morgan fingerprint density at radius 2 is 2.00 bits per heavy atom. The number of nitrogens with zero attached hydrogens (tertiary/aromatic N) is 1. The van der Waals surface area contributed by atoms with E-state index in [-0.39, 0.29) is 12.4 Å². The Bertz CT molecular complexity index is 66.8. The maximum atomic E-state index is 5.39. The predicted molar refractivity (Wildman–Crippen MR) is 40.8 cm³/mol. The van der Waals surface area contributed by atoms with Crippen molar-refractivity contribution in [1.29, 1.82) is 0 Å². The zero-order valence-electron chi connectivity index (χ0n) is 5.22. The summed E-state index contributed by atoms with van der Waals surface area (Å²) in [5.74, 6) is 0.720. The van der Waals surface area contributed by atoms with Gasteiger partial charge in [-0.25, -0.2) is 4.58 Å². The summed E-state index contributed by atoms with van der Waals surface area (Å²) >= 11 is 5.39. The molecule has 1 nitrogen and oxygen atoms in total. The van der Waals surface area contributed by atoms with Crippen molar-refractivity contribution in [2.45, 2.75) is 6.42 Å². The Kier molecular flexibility index (Phi) is 10.1. The summed E-state index contributed by atoms with van der Waals surface area (Å²) in [5, 5.41) is 0. The number of hydrogen-bond acceptors (Lipinski definition) is 0. The van der Waals surface area contributed by atoms with Crippen molar-refractivity contribution in [1.82, 2.24) is 0 Å². The largest absolute Gasteiger partial charge is 0.245 e. The second-order valence-corrected chi connectivity index (χ2v) is 2.00. The fourth-order valence-electron chi connectivity index (χ4n) is 0.307. The van der Waals surface area contributed by atoms with Gasteiger partial charge in [-0.15, -0.1) is 24.0 Å². The van der Waals surface area contributed by atoms with Gasteiger partial charge in [0.2, 0.25) is 0 Å². The molecule has 0 aromatic carbocycles. The second kappa shape index (κ2) is 7.25. The molecule has 0 aromatic heterocycles. The molecule has 0 atom stereocenters. The number of rotatable bonds is 2. The van der Waals surface area contributed by atoms with E-state index >= 15 is 0 Å². The Balaban J connectivity index is 0. The molecule has 0 unspecified atom stereocenters. The number of halogens is 2. The van der Waals surface area contributed by atoms with Crippen molar-refractivity contribution >= 4 is 30.2 Å². The topological polar surface area (TPSA) is 3.01 Å². The summed E-state index contributed by atoms with van der Waals surface area (Å²) in [4.78, 5) is 0.